The number of anilines is 2. The minimum absolute atomic E-state index is 0.446. The third-order valence-electron chi connectivity index (χ3n) is 4.31. The summed E-state index contributed by atoms with van der Waals surface area (Å²) in [6.45, 7) is 7.43. The first-order chi connectivity index (χ1) is 11.7. The van der Waals surface area contributed by atoms with Gasteiger partial charge in [-0.3, -0.25) is 9.59 Å². The number of hydrogen-bond donors (Lipinski definition) is 1. The maximum absolute atomic E-state index is 12.2. The number of amides is 2. The van der Waals surface area contributed by atoms with E-state index in [1.807, 2.05) is 38.1 Å². The molecule has 0 saturated carbocycles. The summed E-state index contributed by atoms with van der Waals surface area (Å²) < 4.78 is 0. The Hall–Kier alpha value is -2.04. The van der Waals surface area contributed by atoms with Crippen LogP contribution in [-0.2, 0) is 9.59 Å². The minimum atomic E-state index is -0.553. The van der Waals surface area contributed by atoms with Gasteiger partial charge in [0.1, 0.15) is 0 Å². The van der Waals surface area contributed by atoms with E-state index in [1.54, 1.807) is 4.90 Å². The Morgan fingerprint density at radius 3 is 2.12 bits per heavy atom. The highest BCUT2D eigenvalue weighted by Crippen LogP contribution is 2.21. The number of carbonyl (C=O) groups is 2. The molecule has 0 aliphatic carbocycles. The molecule has 0 bridgehead atoms. The summed E-state index contributed by atoms with van der Waals surface area (Å²) in [5, 5.41) is 2.72. The summed E-state index contributed by atoms with van der Waals surface area (Å²) in [7, 11) is 0. The van der Waals surface area contributed by atoms with Crippen LogP contribution < -0.4 is 10.2 Å². The van der Waals surface area contributed by atoms with Crippen molar-refractivity contribution >= 4 is 23.2 Å². The van der Waals surface area contributed by atoms with E-state index >= 15 is 0 Å². The van der Waals surface area contributed by atoms with Crippen molar-refractivity contribution in [2.75, 3.05) is 36.4 Å². The van der Waals surface area contributed by atoms with E-state index in [4.69, 9.17) is 0 Å². The highest BCUT2D eigenvalue weighted by atomic mass is 16.2. The lowest BCUT2D eigenvalue weighted by molar-refractivity contribution is -0.143. The largest absolute Gasteiger partial charge is 0.372 e. The highest BCUT2D eigenvalue weighted by Gasteiger charge is 2.20. The normalized spacial score (nSPS) is 14.3. The lowest BCUT2D eigenvalue weighted by Crippen LogP contribution is -2.40. The molecule has 0 unspecified atom stereocenters. The molecule has 24 heavy (non-hydrogen) atoms. The van der Waals surface area contributed by atoms with Gasteiger partial charge in [0.15, 0.2) is 0 Å². The van der Waals surface area contributed by atoms with Gasteiger partial charge in [-0.1, -0.05) is 13.8 Å². The van der Waals surface area contributed by atoms with Gasteiger partial charge < -0.3 is 15.1 Å². The molecule has 5 nitrogen and oxygen atoms in total. The van der Waals surface area contributed by atoms with Crippen LogP contribution in [0.3, 0.4) is 0 Å². The number of hydrogen-bond acceptors (Lipinski definition) is 3. The number of piperidine rings is 1. The van der Waals surface area contributed by atoms with Crippen molar-refractivity contribution in [3.63, 3.8) is 0 Å². The zero-order valence-electron chi connectivity index (χ0n) is 14.9. The van der Waals surface area contributed by atoms with E-state index in [2.05, 4.69) is 10.2 Å². The second kappa shape index (κ2) is 9.30. The molecule has 1 heterocycles. The van der Waals surface area contributed by atoms with Crippen LogP contribution in [-0.4, -0.2) is 42.9 Å². The van der Waals surface area contributed by atoms with Crippen molar-refractivity contribution in [1.29, 1.82) is 0 Å². The molecule has 0 spiro atoms. The number of benzene rings is 1. The Morgan fingerprint density at radius 2 is 1.58 bits per heavy atom. The predicted octanol–water partition coefficient (Wildman–Crippen LogP) is 3.26. The predicted molar refractivity (Wildman–Crippen MR) is 98.3 cm³/mol. The molecule has 2 amide bonds. The zero-order valence-corrected chi connectivity index (χ0v) is 14.9. The van der Waals surface area contributed by atoms with Crippen LogP contribution in [0.4, 0.5) is 11.4 Å². The summed E-state index contributed by atoms with van der Waals surface area (Å²) in [6, 6.07) is 7.78. The van der Waals surface area contributed by atoms with Crippen LogP contribution in [0.25, 0.3) is 0 Å². The Bertz CT molecular complexity index is 530. The van der Waals surface area contributed by atoms with Crippen LogP contribution in [0, 0.1) is 0 Å². The van der Waals surface area contributed by atoms with Crippen LogP contribution >= 0.6 is 0 Å². The first-order valence-corrected chi connectivity index (χ1v) is 9.11. The third kappa shape index (κ3) is 4.98. The van der Waals surface area contributed by atoms with Crippen LogP contribution in [0.2, 0.25) is 0 Å². The SMILES string of the molecule is CCCN(CCC)C(=O)C(=O)Nc1ccc(N2CCCCC2)cc1. The molecular weight excluding hydrogens is 302 g/mol. The number of rotatable bonds is 6. The topological polar surface area (TPSA) is 52.7 Å². The standard InChI is InChI=1S/C19H29N3O2/c1-3-12-22(13-4-2)19(24)18(23)20-16-8-10-17(11-9-16)21-14-6-5-7-15-21/h8-11H,3-7,12-15H2,1-2H3,(H,20,23). The average molecular weight is 331 g/mol. The summed E-state index contributed by atoms with van der Waals surface area (Å²) in [4.78, 5) is 28.4. The maximum atomic E-state index is 12.2. The summed E-state index contributed by atoms with van der Waals surface area (Å²) >= 11 is 0. The van der Waals surface area contributed by atoms with Gasteiger partial charge in [-0.2, -0.15) is 0 Å². The van der Waals surface area contributed by atoms with E-state index in [0.29, 0.717) is 18.8 Å². The Balaban J connectivity index is 1.94. The summed E-state index contributed by atoms with van der Waals surface area (Å²) in [6.07, 6.45) is 5.47. The minimum Gasteiger partial charge on any atom is -0.372 e. The summed E-state index contributed by atoms with van der Waals surface area (Å²) in [5.74, 6) is -0.999. The van der Waals surface area contributed by atoms with Gasteiger partial charge in [0.25, 0.3) is 0 Å². The molecule has 1 aliphatic heterocycles. The molecule has 1 fully saturated rings. The molecule has 0 atom stereocenters. The van der Waals surface area contributed by atoms with Crippen molar-refractivity contribution < 1.29 is 9.59 Å². The first kappa shape index (κ1) is 18.3. The van der Waals surface area contributed by atoms with Gasteiger partial charge >= 0.3 is 11.8 Å². The van der Waals surface area contributed by atoms with E-state index < -0.39 is 11.8 Å². The Morgan fingerprint density at radius 1 is 1.00 bits per heavy atom. The fourth-order valence-corrected chi connectivity index (χ4v) is 3.09. The molecule has 5 heteroatoms. The van der Waals surface area contributed by atoms with E-state index in [-0.39, 0.29) is 0 Å². The van der Waals surface area contributed by atoms with Gasteiger partial charge in [-0.15, -0.1) is 0 Å². The first-order valence-electron chi connectivity index (χ1n) is 9.11. The Kier molecular flexibility index (Phi) is 7.09. The smallest absolute Gasteiger partial charge is 0.313 e. The molecule has 1 saturated heterocycles. The Labute approximate surface area is 145 Å². The van der Waals surface area contributed by atoms with Gasteiger partial charge in [0.05, 0.1) is 0 Å². The molecule has 1 aromatic carbocycles. The van der Waals surface area contributed by atoms with Gasteiger partial charge in [-0.25, -0.2) is 0 Å². The fourth-order valence-electron chi connectivity index (χ4n) is 3.09. The van der Waals surface area contributed by atoms with Crippen molar-refractivity contribution in [2.45, 2.75) is 46.0 Å². The van der Waals surface area contributed by atoms with Gasteiger partial charge in [-0.05, 0) is 56.4 Å². The molecule has 0 radical (unpaired) electrons. The van der Waals surface area contributed by atoms with E-state index in [0.717, 1.165) is 25.9 Å². The van der Waals surface area contributed by atoms with Crippen LogP contribution in [0.15, 0.2) is 24.3 Å². The van der Waals surface area contributed by atoms with Gasteiger partial charge in [0.2, 0.25) is 0 Å². The second-order valence-electron chi connectivity index (χ2n) is 6.34. The van der Waals surface area contributed by atoms with Crippen molar-refractivity contribution in [1.82, 2.24) is 4.90 Å². The average Bonchev–Trinajstić information content (AvgIpc) is 2.62. The molecule has 2 rings (SSSR count). The monoisotopic (exact) mass is 331 g/mol. The third-order valence-corrected chi connectivity index (χ3v) is 4.31. The quantitative estimate of drug-likeness (QED) is 0.814. The van der Waals surface area contributed by atoms with Crippen LogP contribution in [0.1, 0.15) is 46.0 Å². The molecule has 132 valence electrons. The molecule has 1 N–H and O–H groups in total. The molecule has 0 aromatic heterocycles. The molecule has 1 aromatic rings. The van der Waals surface area contributed by atoms with Crippen molar-refractivity contribution in [3.05, 3.63) is 24.3 Å². The number of carbonyl (C=O) groups excluding carboxylic acids is 2. The van der Waals surface area contributed by atoms with Crippen molar-refractivity contribution in [3.8, 4) is 0 Å². The lowest BCUT2D eigenvalue weighted by Gasteiger charge is -2.28. The van der Waals surface area contributed by atoms with Gasteiger partial charge in [0, 0.05) is 37.6 Å². The van der Waals surface area contributed by atoms with E-state index in [1.165, 1.54) is 24.9 Å². The molecular formula is C19H29N3O2. The highest BCUT2D eigenvalue weighted by molar-refractivity contribution is 6.39. The lowest BCUT2D eigenvalue weighted by atomic mass is 10.1. The van der Waals surface area contributed by atoms with Crippen molar-refractivity contribution in [2.24, 2.45) is 0 Å². The second-order valence-corrected chi connectivity index (χ2v) is 6.34. The van der Waals surface area contributed by atoms with E-state index in [9.17, 15) is 9.59 Å². The fraction of sp³-hybridized carbons (Fsp3) is 0.579. The zero-order chi connectivity index (χ0) is 17.4. The number of nitrogens with one attached hydrogen (secondary N) is 1. The molecule has 1 aliphatic rings. The van der Waals surface area contributed by atoms with Crippen LogP contribution in [0.5, 0.6) is 0 Å². The number of nitrogens with zero attached hydrogens (tertiary/aromatic N) is 2. The maximum Gasteiger partial charge on any atom is 0.313 e. The summed E-state index contributed by atoms with van der Waals surface area (Å²) in [5.41, 5.74) is 1.85.